The lowest BCUT2D eigenvalue weighted by atomic mass is 9.85. The van der Waals surface area contributed by atoms with Gasteiger partial charge in [-0.05, 0) is 49.8 Å². The van der Waals surface area contributed by atoms with Gasteiger partial charge >= 0.3 is 0 Å². The van der Waals surface area contributed by atoms with Crippen LogP contribution >= 0.6 is 31.2 Å². The van der Waals surface area contributed by atoms with Crippen LogP contribution in [0.3, 0.4) is 0 Å². The molecule has 0 radical (unpaired) electrons. The van der Waals surface area contributed by atoms with Crippen molar-refractivity contribution in [1.29, 1.82) is 0 Å². The molecule has 3 N–H and O–H groups in total. The van der Waals surface area contributed by atoms with Crippen molar-refractivity contribution in [2.24, 2.45) is 5.92 Å². The summed E-state index contributed by atoms with van der Waals surface area (Å²) in [6.45, 7) is 2.36. The van der Waals surface area contributed by atoms with Gasteiger partial charge in [0, 0.05) is 18.2 Å². The van der Waals surface area contributed by atoms with Gasteiger partial charge in [0.2, 0.25) is 0 Å². The molecule has 1 fully saturated rings. The van der Waals surface area contributed by atoms with Crippen LogP contribution in [0.25, 0.3) is 0 Å². The zero-order valence-corrected chi connectivity index (χ0v) is 17.1. The van der Waals surface area contributed by atoms with Crippen molar-refractivity contribution in [1.82, 2.24) is 5.32 Å². The molecule has 1 aromatic rings. The van der Waals surface area contributed by atoms with Crippen LogP contribution in [0, 0.1) is 5.92 Å². The van der Waals surface area contributed by atoms with Crippen LogP contribution in [0.15, 0.2) is 18.2 Å². The van der Waals surface area contributed by atoms with E-state index in [9.17, 15) is 14.6 Å². The Morgan fingerprint density at radius 2 is 1.92 bits per heavy atom. The fraction of sp³-hybridized carbons (Fsp3) is 0.667. The minimum Gasteiger partial charge on any atom is -0.392 e. The number of halogens is 2. The highest BCUT2D eigenvalue weighted by atomic mass is 35.5. The van der Waals surface area contributed by atoms with E-state index in [4.69, 9.17) is 23.2 Å². The fourth-order valence-electron chi connectivity index (χ4n) is 3.62. The van der Waals surface area contributed by atoms with Gasteiger partial charge in [0.15, 0.2) is 8.03 Å². The Morgan fingerprint density at radius 1 is 1.24 bits per heavy atom. The summed E-state index contributed by atoms with van der Waals surface area (Å²) in [5, 5.41) is 14.6. The second kappa shape index (κ2) is 10.3. The van der Waals surface area contributed by atoms with Gasteiger partial charge in [0.25, 0.3) is 0 Å². The molecule has 0 aliphatic heterocycles. The highest BCUT2D eigenvalue weighted by Gasteiger charge is 2.29. The molecule has 0 amide bonds. The summed E-state index contributed by atoms with van der Waals surface area (Å²) in [5.41, 5.74) is 0.712. The van der Waals surface area contributed by atoms with E-state index in [-0.39, 0.29) is 17.6 Å². The average molecular weight is 408 g/mol. The third kappa shape index (κ3) is 6.53. The third-order valence-electron chi connectivity index (χ3n) is 5.17. The quantitative estimate of drug-likeness (QED) is 0.540. The number of benzene rings is 1. The van der Waals surface area contributed by atoms with Crippen molar-refractivity contribution < 1.29 is 14.6 Å². The van der Waals surface area contributed by atoms with E-state index >= 15 is 0 Å². The molecule has 2 rings (SSSR count). The zero-order valence-electron chi connectivity index (χ0n) is 14.5. The van der Waals surface area contributed by atoms with Crippen LogP contribution in [-0.4, -0.2) is 28.3 Å². The number of nitrogens with one attached hydrogen (secondary N) is 1. The molecular weight excluding hydrogens is 380 g/mol. The number of hydrogen-bond donors (Lipinski definition) is 3. The Hall–Kier alpha value is -0.0900. The molecule has 1 aliphatic rings. The van der Waals surface area contributed by atoms with E-state index in [2.05, 4.69) is 5.32 Å². The normalized spacial score (nSPS) is 20.8. The standard InChI is InChI=1S/C18H28Cl2NO3P/c1-12(14-7-8-16(19)17(20)9-14)21-11-15(22)10-18(25(23)24)13-5-3-2-4-6-13/h7-9,12-13,15,18,21-22,25H,2-6,10-11H2,1H3,(H,23,24)/t12?,15-,18-/m0/s1. The molecule has 0 bridgehead atoms. The van der Waals surface area contributed by atoms with E-state index in [1.165, 1.54) is 6.42 Å². The lowest BCUT2D eigenvalue weighted by Crippen LogP contribution is -2.33. The highest BCUT2D eigenvalue weighted by Crippen LogP contribution is 2.40. The van der Waals surface area contributed by atoms with Crippen LogP contribution in [0.1, 0.15) is 57.1 Å². The van der Waals surface area contributed by atoms with Gasteiger partial charge in [-0.3, -0.25) is 4.57 Å². The van der Waals surface area contributed by atoms with Gasteiger partial charge in [-0.1, -0.05) is 48.5 Å². The van der Waals surface area contributed by atoms with E-state index in [1.54, 1.807) is 6.07 Å². The van der Waals surface area contributed by atoms with Gasteiger partial charge < -0.3 is 15.3 Å². The summed E-state index contributed by atoms with van der Waals surface area (Å²) in [6, 6.07) is 5.47. The Labute approximate surface area is 160 Å². The van der Waals surface area contributed by atoms with Crippen molar-refractivity contribution in [2.75, 3.05) is 6.54 Å². The molecule has 1 aromatic carbocycles. The number of aliphatic hydroxyl groups is 1. The summed E-state index contributed by atoms with van der Waals surface area (Å²) in [4.78, 5) is 9.71. The number of aliphatic hydroxyl groups excluding tert-OH is 1. The maximum atomic E-state index is 11.8. The lowest BCUT2D eigenvalue weighted by molar-refractivity contribution is 0.144. The van der Waals surface area contributed by atoms with Gasteiger partial charge in [0.05, 0.1) is 16.1 Å². The first kappa shape index (κ1) is 21.2. The van der Waals surface area contributed by atoms with Gasteiger partial charge in [0.1, 0.15) is 0 Å². The predicted molar refractivity (Wildman–Crippen MR) is 105 cm³/mol. The number of hydrogen-bond acceptors (Lipinski definition) is 3. The summed E-state index contributed by atoms with van der Waals surface area (Å²) in [6.07, 6.45) is 5.19. The van der Waals surface area contributed by atoms with Crippen LogP contribution < -0.4 is 5.32 Å². The molecular formula is C18H28Cl2NO3P. The van der Waals surface area contributed by atoms with Gasteiger partial charge in [-0.2, -0.15) is 0 Å². The highest BCUT2D eigenvalue weighted by molar-refractivity contribution is 7.38. The van der Waals surface area contributed by atoms with Crippen LogP contribution in [0.4, 0.5) is 0 Å². The van der Waals surface area contributed by atoms with Crippen molar-refractivity contribution >= 4 is 31.2 Å². The smallest absolute Gasteiger partial charge is 0.192 e. The fourth-order valence-corrected chi connectivity index (χ4v) is 5.14. The molecule has 7 heteroatoms. The number of rotatable bonds is 8. The Kier molecular flexibility index (Phi) is 8.74. The van der Waals surface area contributed by atoms with E-state index in [0.29, 0.717) is 23.0 Å². The first-order chi connectivity index (χ1) is 11.9. The maximum Gasteiger partial charge on any atom is 0.192 e. The molecule has 0 heterocycles. The van der Waals surface area contributed by atoms with Crippen molar-refractivity contribution in [3.63, 3.8) is 0 Å². The van der Waals surface area contributed by atoms with Crippen LogP contribution in [0.2, 0.25) is 10.0 Å². The summed E-state index contributed by atoms with van der Waals surface area (Å²) in [5.74, 6) is 0.271. The second-order valence-corrected chi connectivity index (χ2v) is 9.27. The van der Waals surface area contributed by atoms with Gasteiger partial charge in [-0.25, -0.2) is 0 Å². The van der Waals surface area contributed by atoms with Crippen molar-refractivity contribution in [3.05, 3.63) is 33.8 Å². The Balaban J connectivity index is 1.86. The molecule has 2 unspecified atom stereocenters. The third-order valence-corrected chi connectivity index (χ3v) is 7.25. The molecule has 0 aromatic heterocycles. The zero-order chi connectivity index (χ0) is 18.4. The largest absolute Gasteiger partial charge is 0.392 e. The van der Waals surface area contributed by atoms with E-state index in [1.807, 2.05) is 19.1 Å². The van der Waals surface area contributed by atoms with Crippen LogP contribution in [-0.2, 0) is 4.57 Å². The first-order valence-electron chi connectivity index (χ1n) is 8.97. The Bertz CT molecular complexity index is 581. The molecule has 1 saturated carbocycles. The molecule has 0 spiro atoms. The molecule has 25 heavy (non-hydrogen) atoms. The van der Waals surface area contributed by atoms with E-state index in [0.717, 1.165) is 31.2 Å². The summed E-state index contributed by atoms with van der Waals surface area (Å²) in [7, 11) is -2.64. The first-order valence-corrected chi connectivity index (χ1v) is 11.2. The molecule has 4 atom stereocenters. The minimum absolute atomic E-state index is 0.00343. The monoisotopic (exact) mass is 407 g/mol. The topological polar surface area (TPSA) is 69.6 Å². The Morgan fingerprint density at radius 3 is 2.52 bits per heavy atom. The maximum absolute atomic E-state index is 11.8. The molecule has 1 aliphatic carbocycles. The SMILES string of the molecule is CC(NC[C@@H](O)C[C@@H](C1CCCCC1)[PH](=O)O)c1ccc(Cl)c(Cl)c1. The molecule has 0 saturated heterocycles. The summed E-state index contributed by atoms with van der Waals surface area (Å²) >= 11 is 12.0. The molecule has 142 valence electrons. The average Bonchev–Trinajstić information content (AvgIpc) is 2.60. The van der Waals surface area contributed by atoms with Crippen molar-refractivity contribution in [2.45, 2.75) is 63.3 Å². The predicted octanol–water partition coefficient (Wildman–Crippen LogP) is 4.81. The lowest BCUT2D eigenvalue weighted by Gasteiger charge is -2.30. The summed E-state index contributed by atoms with van der Waals surface area (Å²) < 4.78 is 11.8. The van der Waals surface area contributed by atoms with Crippen LogP contribution in [0.5, 0.6) is 0 Å². The van der Waals surface area contributed by atoms with Gasteiger partial charge in [-0.15, -0.1) is 0 Å². The minimum atomic E-state index is -2.64. The van der Waals surface area contributed by atoms with Crippen molar-refractivity contribution in [3.8, 4) is 0 Å². The molecule has 4 nitrogen and oxygen atoms in total. The van der Waals surface area contributed by atoms with E-state index < -0.39 is 14.1 Å². The second-order valence-electron chi connectivity index (χ2n) is 7.04.